The minimum absolute atomic E-state index is 0.176. The predicted octanol–water partition coefficient (Wildman–Crippen LogP) is 5.50. The quantitative estimate of drug-likeness (QED) is 0.305. The summed E-state index contributed by atoms with van der Waals surface area (Å²) in [5.74, 6) is 1.34. The average Bonchev–Trinajstić information content (AvgIpc) is 3.48. The van der Waals surface area contributed by atoms with Gasteiger partial charge in [0.25, 0.3) is 5.91 Å². The van der Waals surface area contributed by atoms with Gasteiger partial charge in [-0.25, -0.2) is 14.4 Å². The number of aromatic nitrogens is 2. The van der Waals surface area contributed by atoms with Gasteiger partial charge in [-0.15, -0.1) is 0 Å². The molecule has 2 aromatic heterocycles. The fraction of sp³-hybridized carbons (Fsp3) is 0.250. The van der Waals surface area contributed by atoms with Crippen molar-refractivity contribution in [2.75, 3.05) is 32.6 Å². The Bertz CT molecular complexity index is 1470. The van der Waals surface area contributed by atoms with Crippen LogP contribution >= 0.6 is 0 Å². The second-order valence-corrected chi connectivity index (χ2v) is 8.77. The summed E-state index contributed by atoms with van der Waals surface area (Å²) in [5.41, 5.74) is 2.24. The topological polar surface area (TPSA) is 99.0 Å². The number of carbonyl (C=O) groups is 1. The van der Waals surface area contributed by atoms with Crippen molar-refractivity contribution in [3.8, 4) is 28.6 Å². The minimum Gasteiger partial charge on any atom is -0.495 e. The second-order valence-electron chi connectivity index (χ2n) is 8.77. The Morgan fingerprint density at radius 3 is 2.55 bits per heavy atom. The molecular formula is C28H27FN4O5. The molecule has 38 heavy (non-hydrogen) atoms. The van der Waals surface area contributed by atoms with E-state index < -0.39 is 11.7 Å². The highest BCUT2D eigenvalue weighted by Crippen LogP contribution is 2.38. The summed E-state index contributed by atoms with van der Waals surface area (Å²) in [6.45, 7) is 3.86. The van der Waals surface area contributed by atoms with E-state index in [0.29, 0.717) is 60.2 Å². The van der Waals surface area contributed by atoms with Crippen molar-refractivity contribution in [2.45, 2.75) is 18.9 Å². The lowest BCUT2D eigenvalue weighted by Crippen LogP contribution is -2.41. The Labute approximate surface area is 218 Å². The molecule has 0 atom stereocenters. The van der Waals surface area contributed by atoms with Crippen molar-refractivity contribution in [1.29, 1.82) is 0 Å². The molecule has 1 aliphatic heterocycles. The second kappa shape index (κ2) is 10.8. The first-order valence-electron chi connectivity index (χ1n) is 12.1. The molecule has 10 heteroatoms. The monoisotopic (exact) mass is 518 g/mol. The average molecular weight is 519 g/mol. The molecule has 0 saturated carbocycles. The number of carbonyl (C=O) groups excluding carboxylic acids is 1. The summed E-state index contributed by atoms with van der Waals surface area (Å²) < 4.78 is 36.2. The zero-order valence-corrected chi connectivity index (χ0v) is 21.1. The van der Waals surface area contributed by atoms with E-state index in [4.69, 9.17) is 18.6 Å². The van der Waals surface area contributed by atoms with Crippen molar-refractivity contribution in [3.05, 3.63) is 67.5 Å². The van der Waals surface area contributed by atoms with Gasteiger partial charge in [-0.3, -0.25) is 4.79 Å². The summed E-state index contributed by atoms with van der Waals surface area (Å²) >= 11 is 0. The maximum absolute atomic E-state index is 13.2. The summed E-state index contributed by atoms with van der Waals surface area (Å²) in [6, 6.07) is 13.0. The van der Waals surface area contributed by atoms with Crippen molar-refractivity contribution in [2.24, 2.45) is 0 Å². The molecule has 0 bridgehead atoms. The van der Waals surface area contributed by atoms with Crippen LogP contribution in [0.25, 0.3) is 22.2 Å². The number of likely N-dealkylation sites (tertiary alicyclic amines) is 1. The number of halogens is 1. The first-order valence-corrected chi connectivity index (χ1v) is 12.1. The van der Waals surface area contributed by atoms with Crippen LogP contribution in [0.5, 0.6) is 17.2 Å². The molecule has 0 aliphatic carbocycles. The highest BCUT2D eigenvalue weighted by Gasteiger charge is 2.26. The summed E-state index contributed by atoms with van der Waals surface area (Å²) in [7, 11) is 3.16. The Kier molecular flexibility index (Phi) is 7.12. The van der Waals surface area contributed by atoms with Crippen molar-refractivity contribution in [1.82, 2.24) is 14.9 Å². The lowest BCUT2D eigenvalue weighted by atomic mass is 10.1. The third kappa shape index (κ3) is 5.10. The van der Waals surface area contributed by atoms with Gasteiger partial charge >= 0.3 is 0 Å². The summed E-state index contributed by atoms with van der Waals surface area (Å²) in [6.07, 6.45) is 4.02. The number of fused-ring (bicyclic) bond motifs is 1. The fourth-order valence-electron chi connectivity index (χ4n) is 4.47. The van der Waals surface area contributed by atoms with Crippen LogP contribution in [0.15, 0.2) is 71.9 Å². The number of amides is 1. The Morgan fingerprint density at radius 2 is 1.87 bits per heavy atom. The van der Waals surface area contributed by atoms with Crippen LogP contribution in [-0.2, 0) is 4.79 Å². The third-order valence-electron chi connectivity index (χ3n) is 6.43. The van der Waals surface area contributed by atoms with E-state index in [0.717, 1.165) is 16.7 Å². The van der Waals surface area contributed by atoms with Crippen LogP contribution < -0.4 is 19.5 Å². The number of methoxy groups -OCH3 is 2. The Balaban J connectivity index is 1.43. The summed E-state index contributed by atoms with van der Waals surface area (Å²) in [4.78, 5) is 22.2. The number of rotatable bonds is 8. The number of nitrogens with zero attached hydrogens (tertiary/aromatic N) is 3. The zero-order chi connectivity index (χ0) is 26.6. The third-order valence-corrected chi connectivity index (χ3v) is 6.43. The van der Waals surface area contributed by atoms with Crippen LogP contribution in [-0.4, -0.2) is 54.2 Å². The van der Waals surface area contributed by atoms with Gasteiger partial charge in [0.1, 0.15) is 29.8 Å². The van der Waals surface area contributed by atoms with Crippen LogP contribution in [0.1, 0.15) is 12.8 Å². The molecule has 0 spiro atoms. The highest BCUT2D eigenvalue weighted by molar-refractivity contribution is 5.94. The molecule has 1 N–H and O–H groups in total. The van der Waals surface area contributed by atoms with Crippen LogP contribution in [0, 0.1) is 0 Å². The molecular weight excluding hydrogens is 491 g/mol. The van der Waals surface area contributed by atoms with Gasteiger partial charge in [0.05, 0.1) is 31.7 Å². The largest absolute Gasteiger partial charge is 0.495 e. The lowest BCUT2D eigenvalue weighted by Gasteiger charge is -2.32. The van der Waals surface area contributed by atoms with Gasteiger partial charge in [0.2, 0.25) is 0 Å². The fourth-order valence-corrected chi connectivity index (χ4v) is 4.47. The number of ether oxygens (including phenoxy) is 3. The molecule has 0 unspecified atom stereocenters. The number of benzene rings is 2. The van der Waals surface area contributed by atoms with E-state index in [-0.39, 0.29) is 6.10 Å². The first kappa shape index (κ1) is 25.1. The van der Waals surface area contributed by atoms with Crippen LogP contribution in [0.2, 0.25) is 0 Å². The van der Waals surface area contributed by atoms with Crippen LogP contribution in [0.3, 0.4) is 0 Å². The smallest absolute Gasteiger partial charge is 0.281 e. The standard InChI is InChI=1S/C28H27FN4O5/c1-17(29)28(34)33-10-8-19(9-11-33)38-26-14-20-21(15-25(26)36-3)30-16-31-27(20)32-22-13-18(6-7-24(22)35-2)23-5-4-12-37-23/h4-7,12-16,19H,1,8-11H2,2-3H3,(H,30,31,32). The highest BCUT2D eigenvalue weighted by atomic mass is 19.1. The van der Waals surface area contributed by atoms with E-state index in [2.05, 4.69) is 21.9 Å². The number of nitrogens with one attached hydrogen (secondary N) is 1. The van der Waals surface area contributed by atoms with Gasteiger partial charge in [-0.1, -0.05) is 6.58 Å². The molecule has 5 rings (SSSR count). The maximum Gasteiger partial charge on any atom is 0.281 e. The van der Waals surface area contributed by atoms with Crippen LogP contribution in [0.4, 0.5) is 15.9 Å². The normalized spacial score (nSPS) is 13.8. The SMILES string of the molecule is C=C(F)C(=O)N1CCC(Oc2cc3c(Nc4cc(-c5ccco5)ccc4OC)ncnc3cc2OC)CC1. The molecule has 4 aromatic rings. The number of furan rings is 1. The maximum atomic E-state index is 13.2. The molecule has 0 radical (unpaired) electrons. The Morgan fingerprint density at radius 1 is 1.08 bits per heavy atom. The molecule has 1 fully saturated rings. The molecule has 1 saturated heterocycles. The molecule has 1 aliphatic rings. The Hall–Kier alpha value is -4.60. The van der Waals surface area contributed by atoms with Gasteiger partial charge in [0.15, 0.2) is 17.3 Å². The van der Waals surface area contributed by atoms with Crippen molar-refractivity contribution < 1.29 is 27.8 Å². The molecule has 1 amide bonds. The zero-order valence-electron chi connectivity index (χ0n) is 21.1. The number of piperidine rings is 1. The number of anilines is 2. The van der Waals surface area contributed by atoms with Crippen molar-refractivity contribution in [3.63, 3.8) is 0 Å². The van der Waals surface area contributed by atoms with Gasteiger partial charge in [-0.2, -0.15) is 0 Å². The predicted molar refractivity (Wildman–Crippen MR) is 141 cm³/mol. The van der Waals surface area contributed by atoms with Crippen molar-refractivity contribution >= 4 is 28.3 Å². The lowest BCUT2D eigenvalue weighted by molar-refractivity contribution is -0.130. The molecule has 2 aromatic carbocycles. The summed E-state index contributed by atoms with van der Waals surface area (Å²) in [5, 5.41) is 4.08. The number of hydrogen-bond donors (Lipinski definition) is 1. The molecule has 9 nitrogen and oxygen atoms in total. The molecule has 3 heterocycles. The number of hydrogen-bond acceptors (Lipinski definition) is 8. The molecule has 196 valence electrons. The first-order chi connectivity index (χ1) is 18.5. The van der Waals surface area contributed by atoms with Gasteiger partial charge in [0, 0.05) is 42.9 Å². The van der Waals surface area contributed by atoms with Gasteiger partial charge in [-0.05, 0) is 36.4 Å². The van der Waals surface area contributed by atoms with E-state index in [1.807, 2.05) is 36.4 Å². The van der Waals surface area contributed by atoms with E-state index in [1.54, 1.807) is 26.5 Å². The van der Waals surface area contributed by atoms with E-state index in [1.165, 1.54) is 11.2 Å². The van der Waals surface area contributed by atoms with E-state index >= 15 is 0 Å². The van der Waals surface area contributed by atoms with Gasteiger partial charge < -0.3 is 28.8 Å². The minimum atomic E-state index is -0.952. The van der Waals surface area contributed by atoms with E-state index in [9.17, 15) is 9.18 Å².